The first-order valence-electron chi connectivity index (χ1n) is 9.43. The van der Waals surface area contributed by atoms with Crippen molar-refractivity contribution in [2.45, 2.75) is 24.9 Å². The van der Waals surface area contributed by atoms with E-state index in [1.54, 1.807) is 24.3 Å². The number of hydrogen-bond donors (Lipinski definition) is 2. The maximum Gasteiger partial charge on any atom is 0.418 e. The van der Waals surface area contributed by atoms with Crippen LogP contribution in [0.2, 0.25) is 5.02 Å². The molecule has 0 fully saturated rings. The van der Waals surface area contributed by atoms with Crippen LogP contribution in [-0.4, -0.2) is 11.0 Å². The zero-order valence-corrected chi connectivity index (χ0v) is 17.4. The molecule has 3 rings (SSSR count). The first-order chi connectivity index (χ1) is 15.4. The summed E-state index contributed by atoms with van der Waals surface area (Å²) in [5, 5.41) is 5.37. The number of hydrogen-bond acceptors (Lipinski definition) is 2. The number of carbonyl (C=O) groups excluding carboxylic acids is 1. The number of benzene rings is 2. The fourth-order valence-electron chi connectivity index (χ4n) is 3.03. The van der Waals surface area contributed by atoms with Gasteiger partial charge in [-0.3, -0.25) is 4.98 Å². The topological polar surface area (TPSA) is 54.0 Å². The number of alkyl halides is 6. The second-order valence-electron chi connectivity index (χ2n) is 6.94. The molecule has 0 aliphatic carbocycles. The molecule has 0 aliphatic rings. The van der Waals surface area contributed by atoms with E-state index >= 15 is 0 Å². The molecule has 4 nitrogen and oxygen atoms in total. The highest BCUT2D eigenvalue weighted by molar-refractivity contribution is 6.30. The van der Waals surface area contributed by atoms with Crippen LogP contribution < -0.4 is 10.6 Å². The van der Waals surface area contributed by atoms with Gasteiger partial charge >= 0.3 is 18.4 Å². The average molecular weight is 488 g/mol. The number of halogens is 7. The molecule has 0 aliphatic heterocycles. The van der Waals surface area contributed by atoms with Gasteiger partial charge in [0.2, 0.25) is 0 Å². The van der Waals surface area contributed by atoms with Crippen molar-refractivity contribution in [1.82, 2.24) is 15.6 Å². The zero-order valence-electron chi connectivity index (χ0n) is 16.6. The van der Waals surface area contributed by atoms with E-state index < -0.39 is 41.2 Å². The lowest BCUT2D eigenvalue weighted by atomic mass is 9.98. The van der Waals surface area contributed by atoms with Crippen LogP contribution >= 0.6 is 11.6 Å². The number of nitrogens with one attached hydrogen (secondary N) is 2. The van der Waals surface area contributed by atoms with E-state index in [9.17, 15) is 31.1 Å². The fraction of sp³-hybridized carbons (Fsp3) is 0.182. The highest BCUT2D eigenvalue weighted by Gasteiger charge is 2.37. The minimum atomic E-state index is -4.80. The maximum absolute atomic E-state index is 13.6. The van der Waals surface area contributed by atoms with E-state index in [-0.39, 0.29) is 12.1 Å². The quantitative estimate of drug-likeness (QED) is 0.411. The van der Waals surface area contributed by atoms with Gasteiger partial charge in [0.05, 0.1) is 22.9 Å². The van der Waals surface area contributed by atoms with Gasteiger partial charge < -0.3 is 10.6 Å². The van der Waals surface area contributed by atoms with Gasteiger partial charge in [-0.1, -0.05) is 35.9 Å². The van der Waals surface area contributed by atoms with Crippen LogP contribution in [0.5, 0.6) is 0 Å². The first-order valence-corrected chi connectivity index (χ1v) is 9.81. The number of amides is 2. The van der Waals surface area contributed by atoms with E-state index in [1.165, 1.54) is 0 Å². The Balaban J connectivity index is 1.91. The smallest absolute Gasteiger partial charge is 0.334 e. The predicted octanol–water partition coefficient (Wildman–Crippen LogP) is 6.36. The summed E-state index contributed by atoms with van der Waals surface area (Å²) in [5.74, 6) is 0. The minimum Gasteiger partial charge on any atom is -0.334 e. The molecule has 0 bridgehead atoms. The van der Waals surface area contributed by atoms with Gasteiger partial charge in [-0.05, 0) is 47.5 Å². The molecule has 2 N–H and O–H groups in total. The van der Waals surface area contributed by atoms with Crippen LogP contribution in [0.1, 0.15) is 34.0 Å². The molecule has 0 radical (unpaired) electrons. The summed E-state index contributed by atoms with van der Waals surface area (Å²) < 4.78 is 79.4. The summed E-state index contributed by atoms with van der Waals surface area (Å²) in [7, 11) is 0. The van der Waals surface area contributed by atoms with Crippen molar-refractivity contribution in [2.75, 3.05) is 0 Å². The Kier molecular flexibility index (Phi) is 7.16. The Hall–Kier alpha value is -3.27. The van der Waals surface area contributed by atoms with Crippen LogP contribution in [-0.2, 0) is 18.9 Å². The number of carbonyl (C=O) groups is 1. The van der Waals surface area contributed by atoms with Crippen LogP contribution in [0.15, 0.2) is 66.9 Å². The third-order valence-electron chi connectivity index (χ3n) is 4.63. The summed E-state index contributed by atoms with van der Waals surface area (Å²) in [6.45, 7) is 0.0388. The predicted molar refractivity (Wildman–Crippen MR) is 109 cm³/mol. The molecule has 11 heteroatoms. The standard InChI is InChI=1S/C22H16ClF6N3O/c23-16-9-3-13(4-10-16)12-31-20(33)32-18(14-5-7-15(8-6-14)21(24,25)26)19-17(22(27,28)29)2-1-11-30-19/h1-11,18H,12H2,(H2,31,32,33). The van der Waals surface area contributed by atoms with Gasteiger partial charge in [0.15, 0.2) is 0 Å². The summed E-state index contributed by atoms with van der Waals surface area (Å²) in [6, 6.07) is 9.53. The van der Waals surface area contributed by atoms with E-state index in [0.717, 1.165) is 42.6 Å². The summed E-state index contributed by atoms with van der Waals surface area (Å²) in [5.41, 5.74) is -1.98. The fourth-order valence-corrected chi connectivity index (χ4v) is 3.15. The number of pyridine rings is 1. The normalized spacial score (nSPS) is 12.8. The van der Waals surface area contributed by atoms with Gasteiger partial charge in [0.25, 0.3) is 0 Å². The molecule has 1 atom stereocenters. The molecule has 0 saturated heterocycles. The van der Waals surface area contributed by atoms with Crippen molar-refractivity contribution >= 4 is 17.6 Å². The summed E-state index contributed by atoms with van der Waals surface area (Å²) in [6.07, 6.45) is -8.32. The molecule has 3 aromatic rings. The van der Waals surface area contributed by atoms with Crippen LogP contribution in [0, 0.1) is 0 Å². The maximum atomic E-state index is 13.6. The van der Waals surface area contributed by atoms with Crippen molar-refractivity contribution in [3.05, 3.63) is 99.8 Å². The lowest BCUT2D eigenvalue weighted by Gasteiger charge is -2.23. The molecular weight excluding hydrogens is 472 g/mol. The van der Waals surface area contributed by atoms with E-state index in [4.69, 9.17) is 11.6 Å². The highest BCUT2D eigenvalue weighted by atomic mass is 35.5. The van der Waals surface area contributed by atoms with Crippen molar-refractivity contribution < 1.29 is 31.1 Å². The summed E-state index contributed by atoms with van der Waals surface area (Å²) >= 11 is 5.80. The summed E-state index contributed by atoms with van der Waals surface area (Å²) in [4.78, 5) is 16.3. The number of rotatable bonds is 5. The Bertz CT molecular complexity index is 1100. The van der Waals surface area contributed by atoms with Crippen LogP contribution in [0.4, 0.5) is 31.1 Å². The van der Waals surface area contributed by atoms with Gasteiger partial charge in [-0.15, -0.1) is 0 Å². The van der Waals surface area contributed by atoms with Crippen molar-refractivity contribution in [2.24, 2.45) is 0 Å². The Labute approximate surface area is 189 Å². The molecule has 2 amide bonds. The Morgan fingerprint density at radius 3 is 2.12 bits per heavy atom. The van der Waals surface area contributed by atoms with Gasteiger partial charge in [-0.25, -0.2) is 4.79 Å². The number of aromatic nitrogens is 1. The largest absolute Gasteiger partial charge is 0.418 e. The van der Waals surface area contributed by atoms with E-state index in [1.807, 2.05) is 0 Å². The minimum absolute atomic E-state index is 0.00570. The van der Waals surface area contributed by atoms with Crippen LogP contribution in [0.25, 0.3) is 0 Å². The van der Waals surface area contributed by atoms with Crippen molar-refractivity contribution in [3.8, 4) is 0 Å². The van der Waals surface area contributed by atoms with E-state index in [2.05, 4.69) is 15.6 Å². The Morgan fingerprint density at radius 1 is 0.909 bits per heavy atom. The number of urea groups is 1. The lowest BCUT2D eigenvalue weighted by Crippen LogP contribution is -2.39. The molecule has 1 aromatic heterocycles. The molecule has 2 aromatic carbocycles. The Morgan fingerprint density at radius 2 is 1.55 bits per heavy atom. The third kappa shape index (κ3) is 6.38. The average Bonchev–Trinajstić information content (AvgIpc) is 2.76. The van der Waals surface area contributed by atoms with Gasteiger partial charge in [0.1, 0.15) is 0 Å². The molecule has 1 heterocycles. The molecule has 0 spiro atoms. The second-order valence-corrected chi connectivity index (χ2v) is 7.38. The van der Waals surface area contributed by atoms with Gasteiger partial charge in [-0.2, -0.15) is 26.3 Å². The van der Waals surface area contributed by atoms with Crippen molar-refractivity contribution in [1.29, 1.82) is 0 Å². The molecule has 174 valence electrons. The molecule has 1 unspecified atom stereocenters. The number of nitrogens with zero attached hydrogens (tertiary/aromatic N) is 1. The highest BCUT2D eigenvalue weighted by Crippen LogP contribution is 2.36. The van der Waals surface area contributed by atoms with E-state index in [0.29, 0.717) is 10.6 Å². The second kappa shape index (κ2) is 9.70. The first kappa shape index (κ1) is 24.4. The SMILES string of the molecule is O=C(NCc1ccc(Cl)cc1)NC(c1ccc(C(F)(F)F)cc1)c1ncccc1C(F)(F)F. The molecular formula is C22H16ClF6N3O. The third-order valence-corrected chi connectivity index (χ3v) is 4.88. The molecule has 33 heavy (non-hydrogen) atoms. The molecule has 0 saturated carbocycles. The monoisotopic (exact) mass is 487 g/mol. The van der Waals surface area contributed by atoms with Crippen LogP contribution in [0.3, 0.4) is 0 Å². The van der Waals surface area contributed by atoms with Crippen molar-refractivity contribution in [3.63, 3.8) is 0 Å². The lowest BCUT2D eigenvalue weighted by molar-refractivity contribution is -0.139. The zero-order chi connectivity index (χ0) is 24.2. The van der Waals surface area contributed by atoms with Gasteiger partial charge in [0, 0.05) is 17.8 Å².